The number of carbonyl (C=O) groups excluding carboxylic acids is 1. The summed E-state index contributed by atoms with van der Waals surface area (Å²) >= 11 is 0. The summed E-state index contributed by atoms with van der Waals surface area (Å²) in [5.74, 6) is -0.753. The van der Waals surface area contributed by atoms with Crippen molar-refractivity contribution in [2.45, 2.75) is 63.9 Å². The smallest absolute Gasteiger partial charge is 0.309 e. The van der Waals surface area contributed by atoms with E-state index in [0.717, 1.165) is 12.8 Å². The van der Waals surface area contributed by atoms with E-state index in [1.165, 1.54) is 0 Å². The lowest BCUT2D eigenvalue weighted by Crippen LogP contribution is -2.67. The highest BCUT2D eigenvalue weighted by Crippen LogP contribution is 2.58. The Labute approximate surface area is 118 Å². The topological polar surface area (TPSA) is 87.0 Å². The van der Waals surface area contributed by atoms with E-state index in [4.69, 9.17) is 4.74 Å². The van der Waals surface area contributed by atoms with Gasteiger partial charge in [-0.15, -0.1) is 0 Å². The zero-order valence-corrected chi connectivity index (χ0v) is 12.2. The maximum Gasteiger partial charge on any atom is 0.309 e. The van der Waals surface area contributed by atoms with Gasteiger partial charge in [-0.25, -0.2) is 0 Å². The quantitative estimate of drug-likeness (QED) is 0.562. The van der Waals surface area contributed by atoms with Crippen LogP contribution in [0.3, 0.4) is 0 Å². The standard InChI is InChI=1S/C15H24O5/c1-7-8-4-5-14(2)9(16)6-10(17)15(3,19)12(14)11(8)20-13(7)18/h7-12,16-17,19H,4-6H2,1-3H3/t7-,8-,9-,10-,11-,12+,14+,15-/m0/s1. The molecule has 1 heterocycles. The third kappa shape index (κ3) is 1.63. The zero-order valence-electron chi connectivity index (χ0n) is 12.2. The number of hydrogen-bond donors (Lipinski definition) is 3. The number of rotatable bonds is 0. The van der Waals surface area contributed by atoms with E-state index in [2.05, 4.69) is 0 Å². The first-order valence-corrected chi connectivity index (χ1v) is 7.48. The summed E-state index contributed by atoms with van der Waals surface area (Å²) < 4.78 is 5.52. The van der Waals surface area contributed by atoms with E-state index in [1.54, 1.807) is 6.92 Å². The summed E-state index contributed by atoms with van der Waals surface area (Å²) in [4.78, 5) is 11.9. The molecule has 3 fully saturated rings. The number of carbonyl (C=O) groups is 1. The predicted molar refractivity (Wildman–Crippen MR) is 70.6 cm³/mol. The Morgan fingerprint density at radius 3 is 2.55 bits per heavy atom. The van der Waals surface area contributed by atoms with E-state index >= 15 is 0 Å². The fourth-order valence-corrected chi connectivity index (χ4v) is 4.83. The fourth-order valence-electron chi connectivity index (χ4n) is 4.83. The van der Waals surface area contributed by atoms with Crippen LogP contribution >= 0.6 is 0 Å². The molecule has 0 aromatic heterocycles. The maximum absolute atomic E-state index is 11.9. The highest BCUT2D eigenvalue weighted by molar-refractivity contribution is 5.75. The van der Waals surface area contributed by atoms with Crippen molar-refractivity contribution in [2.24, 2.45) is 23.2 Å². The van der Waals surface area contributed by atoms with E-state index in [9.17, 15) is 20.1 Å². The number of ether oxygens (including phenoxy) is 1. The molecule has 8 atom stereocenters. The van der Waals surface area contributed by atoms with Crippen LogP contribution in [0.5, 0.6) is 0 Å². The molecular formula is C15H24O5. The second-order valence-electron chi connectivity index (χ2n) is 7.37. The Bertz CT molecular complexity index is 434. The van der Waals surface area contributed by atoms with Gasteiger partial charge in [0.05, 0.1) is 23.7 Å². The minimum absolute atomic E-state index is 0.0737. The van der Waals surface area contributed by atoms with Crippen molar-refractivity contribution in [3.63, 3.8) is 0 Å². The van der Waals surface area contributed by atoms with Gasteiger partial charge in [-0.1, -0.05) is 13.8 Å². The largest absolute Gasteiger partial charge is 0.461 e. The average molecular weight is 284 g/mol. The Morgan fingerprint density at radius 1 is 1.25 bits per heavy atom. The van der Waals surface area contributed by atoms with Crippen molar-refractivity contribution in [3.05, 3.63) is 0 Å². The minimum Gasteiger partial charge on any atom is -0.461 e. The molecule has 0 radical (unpaired) electrons. The SMILES string of the molecule is C[C@@H]1C(=O)O[C@H]2[C@H]1CC[C@]1(C)[C@@H](O)C[C@H](O)[C@](C)(O)[C@H]21. The van der Waals surface area contributed by atoms with Crippen molar-refractivity contribution < 1.29 is 24.9 Å². The first kappa shape index (κ1) is 14.3. The van der Waals surface area contributed by atoms with Gasteiger partial charge in [-0.3, -0.25) is 4.79 Å². The summed E-state index contributed by atoms with van der Waals surface area (Å²) in [5.41, 5.74) is -1.87. The molecule has 114 valence electrons. The molecule has 3 aliphatic rings. The van der Waals surface area contributed by atoms with Crippen molar-refractivity contribution in [2.75, 3.05) is 0 Å². The van der Waals surface area contributed by atoms with Crippen LogP contribution in [-0.4, -0.2) is 45.2 Å². The zero-order chi connectivity index (χ0) is 14.9. The Morgan fingerprint density at radius 2 is 1.90 bits per heavy atom. The molecule has 20 heavy (non-hydrogen) atoms. The normalized spacial score (nSPS) is 58.8. The Balaban J connectivity index is 2.04. The van der Waals surface area contributed by atoms with Crippen molar-refractivity contribution in [1.29, 1.82) is 0 Å². The van der Waals surface area contributed by atoms with Crippen LogP contribution in [0.2, 0.25) is 0 Å². The molecule has 0 unspecified atom stereocenters. The van der Waals surface area contributed by atoms with Crippen LogP contribution in [-0.2, 0) is 9.53 Å². The summed E-state index contributed by atoms with van der Waals surface area (Å²) in [7, 11) is 0. The molecule has 3 rings (SSSR count). The number of aliphatic hydroxyl groups excluding tert-OH is 2. The highest BCUT2D eigenvalue weighted by Gasteiger charge is 2.66. The maximum atomic E-state index is 11.9. The Kier molecular flexibility index (Phi) is 2.99. The van der Waals surface area contributed by atoms with Crippen LogP contribution in [0.1, 0.15) is 40.0 Å². The Hall–Kier alpha value is -0.650. The van der Waals surface area contributed by atoms with E-state index in [1.807, 2.05) is 13.8 Å². The molecule has 1 saturated heterocycles. The van der Waals surface area contributed by atoms with E-state index < -0.39 is 35.2 Å². The second-order valence-corrected chi connectivity index (χ2v) is 7.37. The van der Waals surface area contributed by atoms with Gasteiger partial charge in [0, 0.05) is 23.7 Å². The molecule has 5 heteroatoms. The number of hydrogen-bond acceptors (Lipinski definition) is 5. The minimum atomic E-state index is -1.35. The van der Waals surface area contributed by atoms with Gasteiger partial charge in [-0.05, 0) is 19.8 Å². The van der Waals surface area contributed by atoms with Gasteiger partial charge in [0.25, 0.3) is 0 Å². The molecule has 0 spiro atoms. The van der Waals surface area contributed by atoms with Gasteiger partial charge in [0.15, 0.2) is 0 Å². The third-order valence-corrected chi connectivity index (χ3v) is 6.26. The third-order valence-electron chi connectivity index (χ3n) is 6.26. The summed E-state index contributed by atoms with van der Waals surface area (Å²) in [6.07, 6.45) is -0.364. The number of aliphatic hydroxyl groups is 3. The molecule has 0 amide bonds. The molecule has 0 bridgehead atoms. The van der Waals surface area contributed by atoms with Gasteiger partial charge in [0.1, 0.15) is 6.10 Å². The lowest BCUT2D eigenvalue weighted by Gasteiger charge is -2.59. The van der Waals surface area contributed by atoms with Crippen molar-refractivity contribution in [3.8, 4) is 0 Å². The molecule has 2 saturated carbocycles. The van der Waals surface area contributed by atoms with E-state index in [0.29, 0.717) is 0 Å². The first-order chi connectivity index (χ1) is 9.19. The van der Waals surface area contributed by atoms with Gasteiger partial charge < -0.3 is 20.1 Å². The van der Waals surface area contributed by atoms with Gasteiger partial charge in [-0.2, -0.15) is 0 Å². The van der Waals surface area contributed by atoms with Gasteiger partial charge in [0.2, 0.25) is 0 Å². The predicted octanol–water partition coefficient (Wildman–Crippen LogP) is 0.457. The molecule has 3 N–H and O–H groups in total. The van der Waals surface area contributed by atoms with E-state index in [-0.39, 0.29) is 24.2 Å². The molecule has 0 aromatic rings. The molecule has 1 aliphatic heterocycles. The van der Waals surface area contributed by atoms with Gasteiger partial charge >= 0.3 is 5.97 Å². The van der Waals surface area contributed by atoms with Crippen LogP contribution in [0.25, 0.3) is 0 Å². The lowest BCUT2D eigenvalue weighted by molar-refractivity contribution is -0.249. The summed E-state index contributed by atoms with van der Waals surface area (Å²) in [6, 6.07) is 0. The average Bonchev–Trinajstić information content (AvgIpc) is 2.62. The van der Waals surface area contributed by atoms with Crippen LogP contribution in [0.15, 0.2) is 0 Å². The molecule has 2 aliphatic carbocycles. The monoisotopic (exact) mass is 284 g/mol. The first-order valence-electron chi connectivity index (χ1n) is 7.48. The summed E-state index contributed by atoms with van der Waals surface area (Å²) in [5, 5.41) is 31.4. The lowest BCUT2D eigenvalue weighted by atomic mass is 9.50. The second kappa shape index (κ2) is 4.18. The fraction of sp³-hybridized carbons (Fsp3) is 0.933. The molecule has 5 nitrogen and oxygen atoms in total. The van der Waals surface area contributed by atoms with Crippen LogP contribution in [0, 0.1) is 23.2 Å². The highest BCUT2D eigenvalue weighted by atomic mass is 16.6. The molecule has 0 aromatic carbocycles. The summed E-state index contributed by atoms with van der Waals surface area (Å²) in [6.45, 7) is 5.40. The van der Waals surface area contributed by atoms with Crippen LogP contribution in [0.4, 0.5) is 0 Å². The molecular weight excluding hydrogens is 260 g/mol. The van der Waals surface area contributed by atoms with Crippen LogP contribution < -0.4 is 0 Å². The van der Waals surface area contributed by atoms with Crippen molar-refractivity contribution in [1.82, 2.24) is 0 Å². The number of esters is 1. The van der Waals surface area contributed by atoms with Crippen molar-refractivity contribution >= 4 is 5.97 Å². The number of fused-ring (bicyclic) bond motifs is 3.